The molecule has 0 aliphatic heterocycles. The Labute approximate surface area is 193 Å². The van der Waals surface area contributed by atoms with Gasteiger partial charge in [-0.2, -0.15) is 8.78 Å². The summed E-state index contributed by atoms with van der Waals surface area (Å²) in [5.74, 6) is -8.56. The van der Waals surface area contributed by atoms with E-state index in [1.54, 1.807) is 66.0 Å². The van der Waals surface area contributed by atoms with Gasteiger partial charge in [0.2, 0.25) is 0 Å². The van der Waals surface area contributed by atoms with E-state index >= 15 is 0 Å². The number of aliphatic carboxylic acids is 1. The van der Waals surface area contributed by atoms with Gasteiger partial charge in [-0.05, 0) is 84.0 Å². The van der Waals surface area contributed by atoms with E-state index in [1.165, 1.54) is 26.0 Å². The van der Waals surface area contributed by atoms with Crippen molar-refractivity contribution < 1.29 is 42.5 Å². The largest absolute Gasteiger partial charge is 0.514 e. The Bertz CT molecular complexity index is 781. The molecule has 1 unspecified atom stereocenters. The van der Waals surface area contributed by atoms with Gasteiger partial charge in [0.15, 0.2) is 11.9 Å². The average molecular weight is 640 g/mol. The number of esters is 1. The lowest BCUT2D eigenvalue weighted by atomic mass is 10.0. The van der Waals surface area contributed by atoms with Crippen LogP contribution in [0.2, 0.25) is 0 Å². The summed E-state index contributed by atoms with van der Waals surface area (Å²) >= 11 is 3.60. The summed E-state index contributed by atoms with van der Waals surface area (Å²) in [7, 11) is 0. The molecule has 0 radical (unpaired) electrons. The van der Waals surface area contributed by atoms with Crippen molar-refractivity contribution in [2.24, 2.45) is 5.92 Å². The highest BCUT2D eigenvalue weighted by atomic mass is 127. The van der Waals surface area contributed by atoms with E-state index in [1.807, 2.05) is 0 Å². The van der Waals surface area contributed by atoms with Gasteiger partial charge in [-0.25, -0.2) is 14.4 Å². The van der Waals surface area contributed by atoms with Crippen molar-refractivity contribution in [3.05, 3.63) is 24.8 Å². The number of rotatable bonds is 6. The van der Waals surface area contributed by atoms with E-state index in [4.69, 9.17) is 19.3 Å². The monoisotopic (exact) mass is 640 g/mol. The van der Waals surface area contributed by atoms with Crippen LogP contribution in [0.15, 0.2) is 12.1 Å². The Morgan fingerprint density at radius 2 is 1.55 bits per heavy atom. The van der Waals surface area contributed by atoms with Crippen LogP contribution in [0.5, 0.6) is 5.75 Å². The normalized spacial score (nSPS) is 13.0. The molecular weight excluding hydrogens is 620 g/mol. The van der Waals surface area contributed by atoms with Crippen LogP contribution >= 0.6 is 45.2 Å². The summed E-state index contributed by atoms with van der Waals surface area (Å²) < 4.78 is 43.5. The van der Waals surface area contributed by atoms with Gasteiger partial charge in [-0.1, -0.05) is 13.8 Å². The highest BCUT2D eigenvalue weighted by molar-refractivity contribution is 14.1. The van der Waals surface area contributed by atoms with E-state index in [2.05, 4.69) is 0 Å². The van der Waals surface area contributed by atoms with Crippen molar-refractivity contribution in [1.29, 1.82) is 0 Å². The minimum absolute atomic E-state index is 0.0952. The van der Waals surface area contributed by atoms with E-state index < -0.39 is 41.6 Å². The second-order valence-corrected chi connectivity index (χ2v) is 9.66. The Balaban J connectivity index is 3.10. The lowest BCUT2D eigenvalue weighted by Crippen LogP contribution is -2.47. The van der Waals surface area contributed by atoms with Crippen LogP contribution in [-0.4, -0.2) is 40.8 Å². The molecule has 0 bridgehead atoms. The second kappa shape index (κ2) is 9.71. The Morgan fingerprint density at radius 3 is 1.93 bits per heavy atom. The lowest BCUT2D eigenvalue weighted by Gasteiger charge is -2.26. The molecule has 0 saturated heterocycles. The van der Waals surface area contributed by atoms with Crippen molar-refractivity contribution in [2.45, 2.75) is 52.2 Å². The molecule has 0 aliphatic rings. The van der Waals surface area contributed by atoms with Crippen LogP contribution in [0, 0.1) is 13.1 Å². The molecule has 0 aromatic heterocycles. The highest BCUT2D eigenvalue weighted by Crippen LogP contribution is 2.32. The fourth-order valence-corrected chi connectivity index (χ4v) is 4.05. The third-order valence-electron chi connectivity index (χ3n) is 3.29. The number of carbonyl (C=O) groups excluding carboxylic acids is 2. The van der Waals surface area contributed by atoms with E-state index in [9.17, 15) is 23.2 Å². The number of carbonyl (C=O) groups is 3. The molecule has 0 heterocycles. The molecule has 0 saturated carbocycles. The first-order chi connectivity index (χ1) is 13.1. The Kier molecular flexibility index (Phi) is 8.63. The van der Waals surface area contributed by atoms with Crippen LogP contribution in [0.25, 0.3) is 0 Å². The molecule has 162 valence electrons. The quantitative estimate of drug-likeness (QED) is 0.262. The van der Waals surface area contributed by atoms with Gasteiger partial charge in [-0.3, -0.25) is 0 Å². The van der Waals surface area contributed by atoms with Crippen LogP contribution in [0.1, 0.15) is 45.0 Å². The van der Waals surface area contributed by atoms with Crippen molar-refractivity contribution >= 4 is 63.3 Å². The number of carboxylic acid groups (broad SMARTS) is 1. The average Bonchev–Trinajstić information content (AvgIpc) is 2.53. The van der Waals surface area contributed by atoms with Crippen LogP contribution in [-0.2, 0) is 14.3 Å². The van der Waals surface area contributed by atoms with Gasteiger partial charge in [0.05, 0.1) is 12.7 Å². The number of carboxylic acids is 1. The first kappa shape index (κ1) is 25.8. The zero-order valence-electron chi connectivity index (χ0n) is 16.2. The highest BCUT2D eigenvalue weighted by Gasteiger charge is 2.51. The third-order valence-corrected chi connectivity index (χ3v) is 4.89. The fourth-order valence-electron chi connectivity index (χ4n) is 2.06. The van der Waals surface area contributed by atoms with Crippen molar-refractivity contribution in [2.75, 3.05) is 0 Å². The van der Waals surface area contributed by atoms with Gasteiger partial charge in [0.1, 0.15) is 5.60 Å². The van der Waals surface area contributed by atoms with Crippen molar-refractivity contribution in [1.82, 2.24) is 0 Å². The molecule has 1 atom stereocenters. The molecule has 11 heteroatoms. The molecule has 0 aliphatic carbocycles. The zero-order chi connectivity index (χ0) is 22.7. The van der Waals surface area contributed by atoms with Gasteiger partial charge >= 0.3 is 24.0 Å². The summed E-state index contributed by atoms with van der Waals surface area (Å²) in [6.45, 7) is 7.64. The molecular formula is C18H20F2I2O7. The van der Waals surface area contributed by atoms with E-state index in [0.717, 1.165) is 0 Å². The summed E-state index contributed by atoms with van der Waals surface area (Å²) in [5.41, 5.74) is -0.860. The minimum atomic E-state index is -4.25. The molecule has 0 amide bonds. The molecule has 0 fully saturated rings. The summed E-state index contributed by atoms with van der Waals surface area (Å²) in [5, 5.41) is 8.73. The summed E-state index contributed by atoms with van der Waals surface area (Å²) in [6.07, 6.45) is -3.09. The van der Waals surface area contributed by atoms with Crippen molar-refractivity contribution in [3.8, 4) is 5.75 Å². The van der Waals surface area contributed by atoms with Crippen LogP contribution in [0.3, 0.4) is 0 Å². The number of ether oxygens (including phenoxy) is 3. The SMILES string of the molecule is CC(C)C(OC(=O)c1cc(I)c(OC(=O)OC(C)(C)C)c(I)c1)C(F)(F)C(=O)O. The maximum absolute atomic E-state index is 13.9. The van der Waals surface area contributed by atoms with Gasteiger partial charge in [0, 0.05) is 0 Å². The molecule has 1 aromatic rings. The Morgan fingerprint density at radius 1 is 1.07 bits per heavy atom. The molecule has 7 nitrogen and oxygen atoms in total. The third kappa shape index (κ3) is 7.19. The summed E-state index contributed by atoms with van der Waals surface area (Å²) in [6, 6.07) is 2.56. The maximum atomic E-state index is 13.9. The number of benzene rings is 1. The maximum Gasteiger partial charge on any atom is 0.514 e. The zero-order valence-corrected chi connectivity index (χ0v) is 20.5. The summed E-state index contributed by atoms with van der Waals surface area (Å²) in [4.78, 5) is 35.1. The fraction of sp³-hybridized carbons (Fsp3) is 0.500. The first-order valence-corrected chi connectivity index (χ1v) is 10.4. The Hall–Kier alpha value is -1.25. The van der Waals surface area contributed by atoms with Gasteiger partial charge in [-0.15, -0.1) is 0 Å². The van der Waals surface area contributed by atoms with Crippen LogP contribution < -0.4 is 4.74 Å². The van der Waals surface area contributed by atoms with E-state index in [-0.39, 0.29) is 11.3 Å². The molecule has 1 N–H and O–H groups in total. The topological polar surface area (TPSA) is 99.1 Å². The molecule has 0 spiro atoms. The molecule has 1 aromatic carbocycles. The molecule has 29 heavy (non-hydrogen) atoms. The number of halogens is 4. The van der Waals surface area contributed by atoms with Gasteiger partial charge < -0.3 is 19.3 Å². The predicted octanol–water partition coefficient (Wildman–Crippen LogP) is 5.11. The first-order valence-electron chi connectivity index (χ1n) is 8.28. The van der Waals surface area contributed by atoms with Gasteiger partial charge in [0.25, 0.3) is 0 Å². The number of hydrogen-bond acceptors (Lipinski definition) is 6. The lowest BCUT2D eigenvalue weighted by molar-refractivity contribution is -0.187. The number of hydrogen-bond donors (Lipinski definition) is 1. The predicted molar refractivity (Wildman–Crippen MR) is 115 cm³/mol. The molecule has 1 rings (SSSR count). The van der Waals surface area contributed by atoms with E-state index in [0.29, 0.717) is 7.14 Å². The minimum Gasteiger partial charge on any atom is -0.477 e. The smallest absolute Gasteiger partial charge is 0.477 e. The van der Waals surface area contributed by atoms with Crippen molar-refractivity contribution in [3.63, 3.8) is 0 Å². The van der Waals surface area contributed by atoms with Crippen LogP contribution in [0.4, 0.5) is 13.6 Å². The standard InChI is InChI=1S/C18H20F2I2O7/c1-8(2)13(18(19,20)15(24)25)28-14(23)9-6-10(21)12(11(22)7-9)27-16(26)29-17(3,4)5/h6-8,13H,1-5H3,(H,24,25). The number of alkyl halides is 2. The second-order valence-electron chi connectivity index (χ2n) is 7.33.